The summed E-state index contributed by atoms with van der Waals surface area (Å²) in [5.74, 6) is -2.61. The fourth-order valence-corrected chi connectivity index (χ4v) is 1.36. The summed E-state index contributed by atoms with van der Waals surface area (Å²) in [6.45, 7) is 0.666. The summed E-state index contributed by atoms with van der Waals surface area (Å²) in [7, 11) is 0. The van der Waals surface area contributed by atoms with E-state index in [1.54, 1.807) is 0 Å². The van der Waals surface area contributed by atoms with E-state index < -0.39 is 23.9 Å². The van der Waals surface area contributed by atoms with Gasteiger partial charge in [0, 0.05) is 12.8 Å². The minimum atomic E-state index is -1.04. The number of aliphatic carboxylic acids is 3. The molecule has 0 aromatic rings. The quantitative estimate of drug-likeness (QED) is 0.356. The summed E-state index contributed by atoms with van der Waals surface area (Å²) in [5, 5.41) is 24.8. The van der Waals surface area contributed by atoms with Crippen molar-refractivity contribution in [2.75, 3.05) is 6.54 Å². The van der Waals surface area contributed by atoms with Crippen LogP contribution in [0.3, 0.4) is 0 Å². The van der Waals surface area contributed by atoms with Gasteiger partial charge in [-0.2, -0.15) is 0 Å². The minimum Gasteiger partial charge on any atom is -0.481 e. The zero-order valence-corrected chi connectivity index (χ0v) is 12.2. The van der Waals surface area contributed by atoms with Gasteiger partial charge in [-0.3, -0.25) is 14.4 Å². The minimum absolute atomic E-state index is 0. The van der Waals surface area contributed by atoms with Crippen molar-refractivity contribution in [3.05, 3.63) is 0 Å². The lowest BCUT2D eigenvalue weighted by atomic mass is 10.1. The van der Waals surface area contributed by atoms with E-state index in [1.807, 2.05) is 0 Å². The number of nitrogens with two attached hydrogens (primary N) is 2. The molecule has 0 aliphatic rings. The maximum Gasteiger partial charge on any atom is 0.320 e. The first kappa shape index (κ1) is 29.4. The fourth-order valence-electron chi connectivity index (χ4n) is 1.36. The topological polar surface area (TPSA) is 164 Å². The van der Waals surface area contributed by atoms with E-state index in [9.17, 15) is 14.4 Å². The molecule has 0 saturated carbocycles. The van der Waals surface area contributed by atoms with Gasteiger partial charge in [-0.15, -0.1) is 0 Å². The molecular weight excluding hydrogens is 304 g/mol. The first-order valence-electron chi connectivity index (χ1n) is 6.93. The van der Waals surface area contributed by atoms with Crippen LogP contribution in [-0.2, 0) is 14.4 Å². The first-order chi connectivity index (χ1) is 9.81. The zero-order chi connectivity index (χ0) is 16.7. The molecular formula is C15H34N2O6. The van der Waals surface area contributed by atoms with Crippen LogP contribution < -0.4 is 11.5 Å². The second-order valence-electron chi connectivity index (χ2n) is 4.58. The summed E-state index contributed by atoms with van der Waals surface area (Å²) in [5.41, 5.74) is 10.4. The van der Waals surface area contributed by atoms with Crippen LogP contribution in [0.15, 0.2) is 0 Å². The molecule has 0 spiro atoms. The maximum atomic E-state index is 10.2. The highest BCUT2D eigenvalue weighted by molar-refractivity contribution is 5.73. The van der Waals surface area contributed by atoms with E-state index in [-0.39, 0.29) is 27.7 Å². The van der Waals surface area contributed by atoms with Crippen molar-refractivity contribution >= 4 is 17.9 Å². The van der Waals surface area contributed by atoms with Crippen LogP contribution in [0.5, 0.6) is 0 Å². The molecule has 0 radical (unpaired) electrons. The normalized spacial score (nSPS) is 10.2. The van der Waals surface area contributed by atoms with Gasteiger partial charge in [0.1, 0.15) is 6.04 Å². The Bertz CT molecular complexity index is 310. The third-order valence-corrected chi connectivity index (χ3v) is 2.57. The van der Waals surface area contributed by atoms with E-state index in [2.05, 4.69) is 0 Å². The van der Waals surface area contributed by atoms with Crippen molar-refractivity contribution in [2.24, 2.45) is 11.5 Å². The third kappa shape index (κ3) is 29.1. The van der Waals surface area contributed by atoms with E-state index >= 15 is 0 Å². The molecule has 0 aromatic heterocycles. The molecule has 7 N–H and O–H groups in total. The third-order valence-electron chi connectivity index (χ3n) is 2.57. The number of hydrogen-bond acceptors (Lipinski definition) is 5. The molecule has 1 unspecified atom stereocenters. The Hall–Kier alpha value is -1.67. The monoisotopic (exact) mass is 338 g/mol. The highest BCUT2D eigenvalue weighted by Gasteiger charge is 2.10. The largest absolute Gasteiger partial charge is 0.481 e. The SMILES string of the molecule is C.C.NC(CCCCC(=O)O)C(=O)O.NCCCCCC(=O)O. The van der Waals surface area contributed by atoms with Gasteiger partial charge < -0.3 is 26.8 Å². The molecule has 0 saturated heterocycles. The van der Waals surface area contributed by atoms with Crippen molar-refractivity contribution in [3.63, 3.8) is 0 Å². The molecule has 0 aromatic carbocycles. The Morgan fingerprint density at radius 2 is 1.22 bits per heavy atom. The summed E-state index contributed by atoms with van der Waals surface area (Å²) in [6.07, 6.45) is 4.34. The Kier molecular flexibility index (Phi) is 25.9. The van der Waals surface area contributed by atoms with Crippen LogP contribution in [0.25, 0.3) is 0 Å². The predicted molar refractivity (Wildman–Crippen MR) is 90.3 cm³/mol. The first-order valence-corrected chi connectivity index (χ1v) is 6.93. The van der Waals surface area contributed by atoms with Gasteiger partial charge in [-0.1, -0.05) is 27.7 Å². The van der Waals surface area contributed by atoms with E-state index in [1.165, 1.54) is 0 Å². The van der Waals surface area contributed by atoms with E-state index in [4.69, 9.17) is 26.8 Å². The molecule has 0 aliphatic carbocycles. The number of carboxylic acids is 3. The molecule has 0 aliphatic heterocycles. The summed E-state index contributed by atoms with van der Waals surface area (Å²) in [4.78, 5) is 30.1. The van der Waals surface area contributed by atoms with Gasteiger partial charge in [0.2, 0.25) is 0 Å². The highest BCUT2D eigenvalue weighted by Crippen LogP contribution is 2.02. The van der Waals surface area contributed by atoms with Gasteiger partial charge in [0.05, 0.1) is 0 Å². The van der Waals surface area contributed by atoms with Crippen LogP contribution in [-0.4, -0.2) is 45.8 Å². The predicted octanol–water partition coefficient (Wildman–Crippen LogP) is 1.91. The van der Waals surface area contributed by atoms with E-state index in [0.717, 1.165) is 19.3 Å². The van der Waals surface area contributed by atoms with Crippen LogP contribution in [0.1, 0.15) is 66.2 Å². The van der Waals surface area contributed by atoms with Gasteiger partial charge in [-0.05, 0) is 32.2 Å². The van der Waals surface area contributed by atoms with Crippen molar-refractivity contribution in [1.82, 2.24) is 0 Å². The van der Waals surface area contributed by atoms with Crippen molar-refractivity contribution < 1.29 is 29.7 Å². The number of carbonyl (C=O) groups is 3. The van der Waals surface area contributed by atoms with Crippen molar-refractivity contribution in [1.29, 1.82) is 0 Å². The van der Waals surface area contributed by atoms with Crippen molar-refractivity contribution in [2.45, 2.75) is 72.3 Å². The summed E-state index contributed by atoms with van der Waals surface area (Å²) < 4.78 is 0. The number of hydrogen-bond donors (Lipinski definition) is 5. The fraction of sp³-hybridized carbons (Fsp3) is 0.800. The van der Waals surface area contributed by atoms with Crippen LogP contribution in [0, 0.1) is 0 Å². The standard InChI is InChI=1S/C7H13NO4.C6H13NO2.2CH4/c8-5(7(11)12)3-1-2-4-6(9)10;7-5-3-1-2-4-6(8)9;;/h5H,1-4,8H2,(H,9,10)(H,11,12);1-5,7H2,(H,8,9);2*1H4. The molecule has 0 rings (SSSR count). The zero-order valence-electron chi connectivity index (χ0n) is 12.2. The molecule has 23 heavy (non-hydrogen) atoms. The van der Waals surface area contributed by atoms with Crippen molar-refractivity contribution in [3.8, 4) is 0 Å². The molecule has 0 amide bonds. The average molecular weight is 338 g/mol. The molecule has 140 valence electrons. The van der Waals surface area contributed by atoms with Gasteiger partial charge in [0.15, 0.2) is 0 Å². The smallest absolute Gasteiger partial charge is 0.320 e. The number of carboxylic acid groups (broad SMARTS) is 3. The van der Waals surface area contributed by atoms with Crippen LogP contribution in [0.4, 0.5) is 0 Å². The number of unbranched alkanes of at least 4 members (excludes halogenated alkanes) is 3. The summed E-state index contributed by atoms with van der Waals surface area (Å²) >= 11 is 0. The Labute approximate surface area is 138 Å². The van der Waals surface area contributed by atoms with E-state index in [0.29, 0.717) is 25.8 Å². The molecule has 8 heteroatoms. The number of rotatable bonds is 11. The van der Waals surface area contributed by atoms with Crippen LogP contribution in [0.2, 0.25) is 0 Å². The molecule has 1 atom stereocenters. The lowest BCUT2D eigenvalue weighted by molar-refractivity contribution is -0.139. The Morgan fingerprint density at radius 1 is 0.783 bits per heavy atom. The highest BCUT2D eigenvalue weighted by atomic mass is 16.4. The maximum absolute atomic E-state index is 10.2. The second kappa shape index (κ2) is 20.3. The Morgan fingerprint density at radius 3 is 1.57 bits per heavy atom. The lowest BCUT2D eigenvalue weighted by Gasteiger charge is -2.03. The molecule has 8 nitrogen and oxygen atoms in total. The second-order valence-corrected chi connectivity index (χ2v) is 4.58. The summed E-state index contributed by atoms with van der Waals surface area (Å²) in [6, 6.07) is -0.862. The molecule has 0 fully saturated rings. The molecule has 0 heterocycles. The lowest BCUT2D eigenvalue weighted by Crippen LogP contribution is -2.29. The van der Waals surface area contributed by atoms with Crippen LogP contribution >= 0.6 is 0 Å². The van der Waals surface area contributed by atoms with Gasteiger partial charge in [0.25, 0.3) is 0 Å². The molecule has 0 bridgehead atoms. The van der Waals surface area contributed by atoms with Gasteiger partial charge >= 0.3 is 17.9 Å². The Balaban J connectivity index is -0.000000149. The average Bonchev–Trinajstić information content (AvgIpc) is 2.39. The van der Waals surface area contributed by atoms with Gasteiger partial charge in [-0.25, -0.2) is 0 Å².